The van der Waals surface area contributed by atoms with Gasteiger partial charge < -0.3 is 10.6 Å². The molecule has 1 aliphatic carbocycles. The van der Waals surface area contributed by atoms with Crippen LogP contribution in [0.15, 0.2) is 18.2 Å². The molecule has 0 spiro atoms. The number of halogens is 1. The summed E-state index contributed by atoms with van der Waals surface area (Å²) < 4.78 is 0. The van der Waals surface area contributed by atoms with Crippen LogP contribution in [0.5, 0.6) is 0 Å². The topological polar surface area (TPSA) is 41.1 Å². The van der Waals surface area contributed by atoms with Crippen LogP contribution in [0.25, 0.3) is 0 Å². The lowest BCUT2D eigenvalue weighted by atomic mass is 10.1. The van der Waals surface area contributed by atoms with Crippen LogP contribution in [0.3, 0.4) is 0 Å². The highest BCUT2D eigenvalue weighted by molar-refractivity contribution is 6.31. The molecule has 1 aromatic rings. The number of carbonyl (C=O) groups excluding carboxylic acids is 1. The molecule has 0 bridgehead atoms. The van der Waals surface area contributed by atoms with E-state index in [4.69, 9.17) is 11.6 Å². The zero-order valence-corrected chi connectivity index (χ0v) is 9.97. The van der Waals surface area contributed by atoms with E-state index in [2.05, 4.69) is 10.6 Å². The second kappa shape index (κ2) is 4.74. The number of carbonyl (C=O) groups is 1. The smallest absolute Gasteiger partial charge is 0.253 e. The van der Waals surface area contributed by atoms with Crippen molar-refractivity contribution in [2.24, 2.45) is 0 Å². The Hall–Kier alpha value is -1.22. The van der Waals surface area contributed by atoms with Crippen molar-refractivity contribution in [3.05, 3.63) is 28.8 Å². The fourth-order valence-corrected chi connectivity index (χ4v) is 1.71. The summed E-state index contributed by atoms with van der Waals surface area (Å²) in [6.07, 6.45) is 2.17. The minimum atomic E-state index is -0.0408. The number of nitrogens with one attached hydrogen (secondary N) is 2. The van der Waals surface area contributed by atoms with Gasteiger partial charge in [-0.3, -0.25) is 4.79 Å². The predicted molar refractivity (Wildman–Crippen MR) is 66.1 cm³/mol. The molecule has 1 aliphatic rings. The van der Waals surface area contributed by atoms with E-state index in [1.165, 1.54) is 0 Å². The van der Waals surface area contributed by atoms with Gasteiger partial charge in [0.2, 0.25) is 0 Å². The molecule has 0 aromatic heterocycles. The second-order valence-corrected chi connectivity index (χ2v) is 4.40. The Morgan fingerprint density at radius 2 is 2.25 bits per heavy atom. The van der Waals surface area contributed by atoms with Gasteiger partial charge in [0.1, 0.15) is 0 Å². The minimum absolute atomic E-state index is 0.0408. The van der Waals surface area contributed by atoms with Gasteiger partial charge in [-0.2, -0.15) is 0 Å². The van der Waals surface area contributed by atoms with Crippen LogP contribution >= 0.6 is 11.6 Å². The van der Waals surface area contributed by atoms with Crippen molar-refractivity contribution in [3.63, 3.8) is 0 Å². The fourth-order valence-electron chi connectivity index (χ4n) is 1.54. The molecule has 0 aliphatic heterocycles. The number of hydrogen-bond acceptors (Lipinski definition) is 2. The lowest BCUT2D eigenvalue weighted by Crippen LogP contribution is -2.26. The molecule has 86 valence electrons. The van der Waals surface area contributed by atoms with E-state index in [-0.39, 0.29) is 5.91 Å². The SMILES string of the molecule is CCNc1ccc(Cl)cc1C(=O)NC1CC1. The van der Waals surface area contributed by atoms with E-state index in [0.29, 0.717) is 16.6 Å². The van der Waals surface area contributed by atoms with Crippen molar-refractivity contribution < 1.29 is 4.79 Å². The largest absolute Gasteiger partial charge is 0.385 e. The standard InChI is InChI=1S/C12H15ClN2O/c1-2-14-11-6-3-8(13)7-10(11)12(16)15-9-4-5-9/h3,6-7,9,14H,2,4-5H2,1H3,(H,15,16). The maximum absolute atomic E-state index is 11.9. The summed E-state index contributed by atoms with van der Waals surface area (Å²) in [4.78, 5) is 11.9. The Bertz CT molecular complexity index is 402. The molecule has 1 aromatic carbocycles. The van der Waals surface area contributed by atoms with E-state index in [9.17, 15) is 4.79 Å². The molecule has 16 heavy (non-hydrogen) atoms. The van der Waals surface area contributed by atoms with Gasteiger partial charge in [-0.05, 0) is 38.0 Å². The molecule has 2 N–H and O–H groups in total. The van der Waals surface area contributed by atoms with Gasteiger partial charge in [0.05, 0.1) is 5.56 Å². The van der Waals surface area contributed by atoms with Crippen LogP contribution in [0, 0.1) is 0 Å². The number of amides is 1. The Kier molecular flexibility index (Phi) is 3.34. The molecule has 0 saturated heterocycles. The van der Waals surface area contributed by atoms with Gasteiger partial charge in [-0.15, -0.1) is 0 Å². The molecular formula is C12H15ClN2O. The highest BCUT2D eigenvalue weighted by Gasteiger charge is 2.24. The Morgan fingerprint density at radius 1 is 1.50 bits per heavy atom. The van der Waals surface area contributed by atoms with E-state index >= 15 is 0 Å². The molecule has 4 heteroatoms. The zero-order chi connectivity index (χ0) is 11.5. The minimum Gasteiger partial charge on any atom is -0.385 e. The van der Waals surface area contributed by atoms with E-state index in [0.717, 1.165) is 25.1 Å². The van der Waals surface area contributed by atoms with Gasteiger partial charge in [-0.1, -0.05) is 11.6 Å². The highest BCUT2D eigenvalue weighted by Crippen LogP contribution is 2.23. The number of rotatable bonds is 4. The molecule has 0 heterocycles. The van der Waals surface area contributed by atoms with Crippen LogP contribution in [0.1, 0.15) is 30.1 Å². The molecule has 0 radical (unpaired) electrons. The summed E-state index contributed by atoms with van der Waals surface area (Å²) in [5.74, 6) is -0.0408. The molecule has 0 unspecified atom stereocenters. The average Bonchev–Trinajstić information content (AvgIpc) is 3.05. The number of anilines is 1. The lowest BCUT2D eigenvalue weighted by Gasteiger charge is -2.11. The molecule has 1 saturated carbocycles. The van der Waals surface area contributed by atoms with E-state index in [1.807, 2.05) is 13.0 Å². The third-order valence-corrected chi connectivity index (χ3v) is 2.74. The van der Waals surface area contributed by atoms with Crippen molar-refractivity contribution in [1.82, 2.24) is 5.32 Å². The van der Waals surface area contributed by atoms with Gasteiger partial charge in [0.15, 0.2) is 0 Å². The molecule has 0 atom stereocenters. The first-order valence-corrected chi connectivity index (χ1v) is 5.92. The van der Waals surface area contributed by atoms with E-state index in [1.54, 1.807) is 12.1 Å². The van der Waals surface area contributed by atoms with Crippen molar-refractivity contribution >= 4 is 23.2 Å². The molecule has 1 amide bonds. The van der Waals surface area contributed by atoms with Crippen LogP contribution in [0.4, 0.5) is 5.69 Å². The number of benzene rings is 1. The van der Waals surface area contributed by atoms with Gasteiger partial charge >= 0.3 is 0 Å². The third kappa shape index (κ3) is 2.67. The van der Waals surface area contributed by atoms with Crippen molar-refractivity contribution in [2.75, 3.05) is 11.9 Å². The third-order valence-electron chi connectivity index (χ3n) is 2.51. The summed E-state index contributed by atoms with van der Waals surface area (Å²) in [6.45, 7) is 2.78. The average molecular weight is 239 g/mol. The summed E-state index contributed by atoms with van der Waals surface area (Å²) in [7, 11) is 0. The van der Waals surface area contributed by atoms with Gasteiger partial charge in [-0.25, -0.2) is 0 Å². The first-order valence-electron chi connectivity index (χ1n) is 5.55. The molecular weight excluding hydrogens is 224 g/mol. The quantitative estimate of drug-likeness (QED) is 0.847. The fraction of sp³-hybridized carbons (Fsp3) is 0.417. The highest BCUT2D eigenvalue weighted by atomic mass is 35.5. The van der Waals surface area contributed by atoms with Crippen molar-refractivity contribution in [2.45, 2.75) is 25.8 Å². The first-order chi connectivity index (χ1) is 7.70. The summed E-state index contributed by atoms with van der Waals surface area (Å²) >= 11 is 5.91. The number of hydrogen-bond donors (Lipinski definition) is 2. The van der Waals surface area contributed by atoms with Crippen molar-refractivity contribution in [1.29, 1.82) is 0 Å². The molecule has 1 fully saturated rings. The van der Waals surface area contributed by atoms with Gasteiger partial charge in [0, 0.05) is 23.3 Å². The summed E-state index contributed by atoms with van der Waals surface area (Å²) in [6, 6.07) is 5.69. The normalized spacial score (nSPS) is 14.6. The maximum Gasteiger partial charge on any atom is 0.253 e. The van der Waals surface area contributed by atoms with Gasteiger partial charge in [0.25, 0.3) is 5.91 Å². The van der Waals surface area contributed by atoms with Crippen LogP contribution in [0.2, 0.25) is 5.02 Å². The Labute approximate surface area is 100 Å². The zero-order valence-electron chi connectivity index (χ0n) is 9.22. The Balaban J connectivity index is 2.20. The lowest BCUT2D eigenvalue weighted by molar-refractivity contribution is 0.0952. The maximum atomic E-state index is 11.9. The first kappa shape index (κ1) is 11.3. The predicted octanol–water partition coefficient (Wildman–Crippen LogP) is 2.66. The monoisotopic (exact) mass is 238 g/mol. The van der Waals surface area contributed by atoms with Crippen LogP contribution in [-0.2, 0) is 0 Å². The molecule has 3 nitrogen and oxygen atoms in total. The summed E-state index contributed by atoms with van der Waals surface area (Å²) in [5, 5.41) is 6.70. The summed E-state index contributed by atoms with van der Waals surface area (Å²) in [5.41, 5.74) is 1.46. The van der Waals surface area contributed by atoms with Crippen LogP contribution < -0.4 is 10.6 Å². The molecule has 2 rings (SSSR count). The van der Waals surface area contributed by atoms with Crippen molar-refractivity contribution in [3.8, 4) is 0 Å². The van der Waals surface area contributed by atoms with Crippen LogP contribution in [-0.4, -0.2) is 18.5 Å². The van der Waals surface area contributed by atoms with E-state index < -0.39 is 0 Å². The second-order valence-electron chi connectivity index (χ2n) is 3.97. The Morgan fingerprint density at radius 3 is 2.88 bits per heavy atom.